The lowest BCUT2D eigenvalue weighted by atomic mass is 10.1. The number of benzene rings is 2. The minimum atomic E-state index is -3.75. The third kappa shape index (κ3) is 4.95. The monoisotopic (exact) mass is 424 g/mol. The molecule has 0 fully saturated rings. The van der Waals surface area contributed by atoms with E-state index in [-0.39, 0.29) is 23.3 Å². The molecule has 1 heterocycles. The van der Waals surface area contributed by atoms with E-state index < -0.39 is 10.0 Å². The second kappa shape index (κ2) is 8.38. The zero-order valence-electron chi connectivity index (χ0n) is 15.3. The van der Waals surface area contributed by atoms with Gasteiger partial charge in [-0.25, -0.2) is 13.6 Å². The first-order valence-corrected chi connectivity index (χ1v) is 10.7. The van der Waals surface area contributed by atoms with Gasteiger partial charge in [0, 0.05) is 6.42 Å². The van der Waals surface area contributed by atoms with Crippen molar-refractivity contribution in [3.8, 4) is 11.5 Å². The van der Waals surface area contributed by atoms with Crippen LogP contribution >= 0.6 is 11.6 Å². The quantitative estimate of drug-likeness (QED) is 0.766. The Morgan fingerprint density at radius 2 is 1.89 bits per heavy atom. The Morgan fingerprint density at radius 1 is 1.21 bits per heavy atom. The predicted octanol–water partition coefficient (Wildman–Crippen LogP) is 2.57. The number of nitrogens with one attached hydrogen (secondary N) is 1. The Balaban J connectivity index is 1.67. The number of fused-ring (bicyclic) bond motifs is 1. The van der Waals surface area contributed by atoms with Crippen molar-refractivity contribution in [2.45, 2.75) is 30.7 Å². The summed E-state index contributed by atoms with van der Waals surface area (Å²) < 4.78 is 33.9. The van der Waals surface area contributed by atoms with Crippen LogP contribution in [0.1, 0.15) is 30.5 Å². The highest BCUT2D eigenvalue weighted by molar-refractivity contribution is 7.89. The van der Waals surface area contributed by atoms with Crippen LogP contribution in [-0.2, 0) is 21.2 Å². The Labute approximate surface area is 168 Å². The van der Waals surface area contributed by atoms with Crippen LogP contribution in [0.25, 0.3) is 0 Å². The number of primary sulfonamides is 1. The zero-order chi connectivity index (χ0) is 20.3. The third-order valence-electron chi connectivity index (χ3n) is 4.31. The van der Waals surface area contributed by atoms with Crippen molar-refractivity contribution < 1.29 is 22.7 Å². The number of sulfonamides is 1. The van der Waals surface area contributed by atoms with Crippen molar-refractivity contribution in [2.24, 2.45) is 5.14 Å². The number of ether oxygens (including phenoxy) is 2. The van der Waals surface area contributed by atoms with Crippen LogP contribution in [0.2, 0.25) is 5.02 Å². The summed E-state index contributed by atoms with van der Waals surface area (Å²) in [6.07, 6.45) is 0.887. The Kier molecular flexibility index (Phi) is 6.12. The van der Waals surface area contributed by atoms with Crippen molar-refractivity contribution in [3.05, 3.63) is 52.5 Å². The Hall–Kier alpha value is -2.29. The molecule has 28 heavy (non-hydrogen) atoms. The topological polar surface area (TPSA) is 108 Å². The maximum atomic E-state index is 12.4. The van der Waals surface area contributed by atoms with Crippen LogP contribution < -0.4 is 19.9 Å². The molecule has 2 aromatic rings. The van der Waals surface area contributed by atoms with Gasteiger partial charge in [-0.2, -0.15) is 0 Å². The average molecular weight is 425 g/mol. The minimum absolute atomic E-state index is 0.0246. The first kappa shape index (κ1) is 20.4. The van der Waals surface area contributed by atoms with Crippen LogP contribution in [0, 0.1) is 0 Å². The average Bonchev–Trinajstić information content (AvgIpc) is 2.87. The van der Waals surface area contributed by atoms with Crippen LogP contribution in [0.15, 0.2) is 41.3 Å². The van der Waals surface area contributed by atoms with Gasteiger partial charge in [-0.1, -0.05) is 23.7 Å². The largest absolute Gasteiger partial charge is 0.489 e. The van der Waals surface area contributed by atoms with Gasteiger partial charge in [0.05, 0.1) is 35.6 Å². The summed E-state index contributed by atoms with van der Waals surface area (Å²) in [5.74, 6) is 0.847. The van der Waals surface area contributed by atoms with Crippen molar-refractivity contribution in [1.82, 2.24) is 5.32 Å². The molecular formula is C19H21ClN2O5S. The molecule has 3 N–H and O–H groups in total. The van der Waals surface area contributed by atoms with Crippen LogP contribution in [-0.4, -0.2) is 27.5 Å². The molecule has 9 heteroatoms. The van der Waals surface area contributed by atoms with Gasteiger partial charge in [0.25, 0.3) is 0 Å². The SMILES string of the molecule is CC(NC(=O)Cc1cc(Cl)c2c(c1)OCCCO2)c1ccc(S(N)(=O)=O)cc1. The number of nitrogens with two attached hydrogens (primary N) is 1. The van der Waals surface area contributed by atoms with E-state index in [1.165, 1.54) is 12.1 Å². The molecule has 150 valence electrons. The third-order valence-corrected chi connectivity index (χ3v) is 5.52. The lowest BCUT2D eigenvalue weighted by Crippen LogP contribution is -2.28. The molecule has 1 unspecified atom stereocenters. The molecule has 0 saturated carbocycles. The normalized spacial score (nSPS) is 14.8. The number of halogens is 1. The van der Waals surface area contributed by atoms with Gasteiger partial charge in [0.2, 0.25) is 15.9 Å². The summed E-state index contributed by atoms with van der Waals surface area (Å²) in [4.78, 5) is 12.5. The molecular weight excluding hydrogens is 404 g/mol. The first-order valence-electron chi connectivity index (χ1n) is 8.74. The van der Waals surface area contributed by atoms with Crippen molar-refractivity contribution in [3.63, 3.8) is 0 Å². The number of rotatable bonds is 5. The zero-order valence-corrected chi connectivity index (χ0v) is 16.8. The molecule has 0 radical (unpaired) electrons. The van der Waals surface area contributed by atoms with Crippen molar-refractivity contribution in [1.29, 1.82) is 0 Å². The molecule has 7 nitrogen and oxygen atoms in total. The van der Waals surface area contributed by atoms with Gasteiger partial charge < -0.3 is 14.8 Å². The molecule has 3 rings (SSSR count). The summed E-state index contributed by atoms with van der Waals surface area (Å²) >= 11 is 6.26. The second-order valence-corrected chi connectivity index (χ2v) is 8.50. The second-order valence-electron chi connectivity index (χ2n) is 6.54. The molecule has 0 aromatic heterocycles. The van der Waals surface area contributed by atoms with E-state index in [4.69, 9.17) is 26.2 Å². The fourth-order valence-electron chi connectivity index (χ4n) is 2.89. The minimum Gasteiger partial charge on any atom is -0.489 e. The van der Waals surface area contributed by atoms with Gasteiger partial charge in [0.1, 0.15) is 0 Å². The van der Waals surface area contributed by atoms with E-state index in [0.29, 0.717) is 35.3 Å². The maximum Gasteiger partial charge on any atom is 0.238 e. The van der Waals surface area contributed by atoms with Gasteiger partial charge in [-0.3, -0.25) is 4.79 Å². The standard InChI is InChI=1S/C19H21ClN2O5S/c1-12(14-3-5-15(6-4-14)28(21,24)25)22-18(23)11-13-9-16(20)19-17(10-13)26-7-2-8-27-19/h3-6,9-10,12H,2,7-8,11H2,1H3,(H,22,23)(H2,21,24,25). The number of hydrogen-bond donors (Lipinski definition) is 2. The first-order chi connectivity index (χ1) is 13.2. The van der Waals surface area contributed by atoms with E-state index >= 15 is 0 Å². The van der Waals surface area contributed by atoms with E-state index in [2.05, 4.69) is 5.32 Å². The molecule has 1 amide bonds. The van der Waals surface area contributed by atoms with Crippen LogP contribution in [0.3, 0.4) is 0 Å². The molecule has 1 atom stereocenters. The van der Waals surface area contributed by atoms with E-state index in [1.54, 1.807) is 24.3 Å². The van der Waals surface area contributed by atoms with Gasteiger partial charge in [0.15, 0.2) is 11.5 Å². The van der Waals surface area contributed by atoms with Gasteiger partial charge in [-0.15, -0.1) is 0 Å². The van der Waals surface area contributed by atoms with Crippen molar-refractivity contribution in [2.75, 3.05) is 13.2 Å². The summed E-state index contributed by atoms with van der Waals surface area (Å²) in [7, 11) is -3.75. The molecule has 2 aromatic carbocycles. The lowest BCUT2D eigenvalue weighted by Gasteiger charge is -2.16. The lowest BCUT2D eigenvalue weighted by molar-refractivity contribution is -0.121. The molecule has 0 saturated heterocycles. The molecule has 0 aliphatic carbocycles. The number of amides is 1. The highest BCUT2D eigenvalue weighted by Gasteiger charge is 2.18. The fourth-order valence-corrected chi connectivity index (χ4v) is 3.70. The number of carbonyl (C=O) groups excluding carboxylic acids is 1. The van der Waals surface area contributed by atoms with Crippen LogP contribution in [0.5, 0.6) is 11.5 Å². The van der Waals surface area contributed by atoms with Gasteiger partial charge >= 0.3 is 0 Å². The number of carbonyl (C=O) groups is 1. The summed E-state index contributed by atoms with van der Waals surface area (Å²) in [5.41, 5.74) is 1.47. The summed E-state index contributed by atoms with van der Waals surface area (Å²) in [5, 5.41) is 8.38. The molecule has 1 aliphatic heterocycles. The molecule has 0 bridgehead atoms. The Bertz CT molecular complexity index is 977. The van der Waals surface area contributed by atoms with Crippen LogP contribution in [0.4, 0.5) is 0 Å². The fraction of sp³-hybridized carbons (Fsp3) is 0.316. The van der Waals surface area contributed by atoms with E-state index in [1.807, 2.05) is 6.92 Å². The number of hydrogen-bond acceptors (Lipinski definition) is 5. The molecule has 0 spiro atoms. The summed E-state index contributed by atoms with van der Waals surface area (Å²) in [6, 6.07) is 9.22. The molecule has 1 aliphatic rings. The van der Waals surface area contributed by atoms with Crippen molar-refractivity contribution >= 4 is 27.5 Å². The predicted molar refractivity (Wildman–Crippen MR) is 105 cm³/mol. The smallest absolute Gasteiger partial charge is 0.238 e. The van der Waals surface area contributed by atoms with Gasteiger partial charge in [-0.05, 0) is 42.3 Å². The van der Waals surface area contributed by atoms with E-state index in [9.17, 15) is 13.2 Å². The Morgan fingerprint density at radius 3 is 2.57 bits per heavy atom. The highest BCUT2D eigenvalue weighted by Crippen LogP contribution is 2.38. The summed E-state index contributed by atoms with van der Waals surface area (Å²) in [6.45, 7) is 2.88. The highest BCUT2D eigenvalue weighted by atomic mass is 35.5. The maximum absolute atomic E-state index is 12.4. The van der Waals surface area contributed by atoms with E-state index in [0.717, 1.165) is 12.0 Å².